The zero-order valence-electron chi connectivity index (χ0n) is 12.6. The van der Waals surface area contributed by atoms with Crippen LogP contribution in [0.25, 0.3) is 0 Å². The minimum atomic E-state index is -0.706. The monoisotopic (exact) mass is 297 g/mol. The van der Waals surface area contributed by atoms with Crippen molar-refractivity contribution < 1.29 is 9.59 Å². The largest absolute Gasteiger partial charge is 0.325 e. The Morgan fingerprint density at radius 1 is 1.32 bits per heavy atom. The number of nitrogens with zero attached hydrogens (tertiary/aromatic N) is 2. The molecular formula is C17H19N3O2. The van der Waals surface area contributed by atoms with Crippen LogP contribution in [0.3, 0.4) is 0 Å². The fourth-order valence-corrected chi connectivity index (χ4v) is 3.51. The Hall–Kier alpha value is -2.35. The molecule has 3 amide bonds. The summed E-state index contributed by atoms with van der Waals surface area (Å²) in [6, 6.07) is 8.73. The summed E-state index contributed by atoms with van der Waals surface area (Å²) in [6.45, 7) is 2.30. The Morgan fingerprint density at radius 3 is 2.68 bits per heavy atom. The number of nitriles is 1. The summed E-state index contributed by atoms with van der Waals surface area (Å²) < 4.78 is 0. The van der Waals surface area contributed by atoms with Gasteiger partial charge in [0.15, 0.2) is 0 Å². The van der Waals surface area contributed by atoms with Crippen LogP contribution in [0, 0.1) is 17.2 Å². The highest BCUT2D eigenvalue weighted by Crippen LogP contribution is 2.38. The first-order valence-electron chi connectivity index (χ1n) is 7.70. The van der Waals surface area contributed by atoms with Crippen molar-refractivity contribution in [1.82, 2.24) is 10.2 Å². The summed E-state index contributed by atoms with van der Waals surface area (Å²) in [5.74, 6) is 0.0673. The maximum absolute atomic E-state index is 12.8. The molecule has 1 aromatic rings. The highest BCUT2D eigenvalue weighted by molar-refractivity contribution is 6.07. The molecule has 0 aromatic heterocycles. The van der Waals surface area contributed by atoms with Gasteiger partial charge in [0.05, 0.1) is 18.2 Å². The van der Waals surface area contributed by atoms with E-state index in [9.17, 15) is 9.59 Å². The second kappa shape index (κ2) is 5.45. The quantitative estimate of drug-likeness (QED) is 0.853. The third-order valence-corrected chi connectivity index (χ3v) is 4.93. The fourth-order valence-electron chi connectivity index (χ4n) is 3.51. The molecule has 1 spiro atoms. The van der Waals surface area contributed by atoms with Crippen LogP contribution in [0.2, 0.25) is 0 Å². The van der Waals surface area contributed by atoms with Crippen LogP contribution in [0.1, 0.15) is 43.7 Å². The van der Waals surface area contributed by atoms with E-state index in [-0.39, 0.29) is 24.4 Å². The van der Waals surface area contributed by atoms with Crippen LogP contribution >= 0.6 is 0 Å². The Balaban J connectivity index is 1.81. The molecule has 0 unspecified atom stereocenters. The van der Waals surface area contributed by atoms with Crippen molar-refractivity contribution in [2.45, 2.75) is 44.7 Å². The van der Waals surface area contributed by atoms with Gasteiger partial charge in [0.25, 0.3) is 5.91 Å². The van der Waals surface area contributed by atoms with Gasteiger partial charge in [0.2, 0.25) is 0 Å². The van der Waals surface area contributed by atoms with Gasteiger partial charge in [-0.1, -0.05) is 31.9 Å². The number of benzene rings is 1. The summed E-state index contributed by atoms with van der Waals surface area (Å²) in [5.41, 5.74) is 0.711. The third kappa shape index (κ3) is 2.25. The van der Waals surface area contributed by atoms with Crippen LogP contribution in [0.15, 0.2) is 24.3 Å². The summed E-state index contributed by atoms with van der Waals surface area (Å²) in [7, 11) is 0. The van der Waals surface area contributed by atoms with Gasteiger partial charge < -0.3 is 5.32 Å². The molecule has 5 heteroatoms. The lowest BCUT2D eigenvalue weighted by Gasteiger charge is -2.36. The molecule has 1 saturated heterocycles. The van der Waals surface area contributed by atoms with Crippen molar-refractivity contribution in [3.63, 3.8) is 0 Å². The van der Waals surface area contributed by atoms with Gasteiger partial charge in [-0.2, -0.15) is 5.26 Å². The molecule has 1 heterocycles. The predicted molar refractivity (Wildman–Crippen MR) is 80.6 cm³/mol. The van der Waals surface area contributed by atoms with E-state index in [0.29, 0.717) is 5.56 Å². The molecule has 5 nitrogen and oxygen atoms in total. The maximum atomic E-state index is 12.8. The normalized spacial score (nSPS) is 27.8. The number of hydrogen-bond donors (Lipinski definition) is 1. The van der Waals surface area contributed by atoms with Gasteiger partial charge in [0, 0.05) is 0 Å². The molecule has 114 valence electrons. The zero-order valence-corrected chi connectivity index (χ0v) is 12.6. The van der Waals surface area contributed by atoms with Crippen LogP contribution in [0.4, 0.5) is 4.79 Å². The minimum absolute atomic E-state index is 0.103. The smallest absolute Gasteiger partial charge is 0.323 e. The van der Waals surface area contributed by atoms with Gasteiger partial charge in [-0.25, -0.2) is 4.79 Å². The van der Waals surface area contributed by atoms with Gasteiger partial charge in [-0.3, -0.25) is 9.69 Å². The second-order valence-corrected chi connectivity index (χ2v) is 6.25. The number of urea groups is 1. The van der Waals surface area contributed by atoms with E-state index in [1.54, 1.807) is 24.3 Å². The SMILES string of the molecule is C[C@H]1CCCC[C@@]12NC(=O)N(Cc1ccc(C#N)cc1)C2=O. The lowest BCUT2D eigenvalue weighted by atomic mass is 9.73. The molecule has 22 heavy (non-hydrogen) atoms. The van der Waals surface area contributed by atoms with Crippen LogP contribution in [-0.4, -0.2) is 22.4 Å². The Bertz CT molecular complexity index is 647. The number of nitrogens with one attached hydrogen (secondary N) is 1. The topological polar surface area (TPSA) is 73.2 Å². The van der Waals surface area contributed by atoms with E-state index in [1.807, 2.05) is 6.92 Å². The first-order valence-corrected chi connectivity index (χ1v) is 7.70. The molecule has 2 atom stereocenters. The molecule has 1 N–H and O–H groups in total. The van der Waals surface area contributed by atoms with Crippen molar-refractivity contribution in [3.05, 3.63) is 35.4 Å². The van der Waals surface area contributed by atoms with Crippen LogP contribution in [0.5, 0.6) is 0 Å². The molecule has 3 rings (SSSR count). The predicted octanol–water partition coefficient (Wildman–Crippen LogP) is 2.56. The highest BCUT2D eigenvalue weighted by Gasteiger charge is 2.54. The molecule has 2 fully saturated rings. The van der Waals surface area contributed by atoms with Crippen molar-refractivity contribution in [2.24, 2.45) is 5.92 Å². The molecule has 1 saturated carbocycles. The van der Waals surface area contributed by atoms with Gasteiger partial charge in [-0.05, 0) is 36.5 Å². The number of carbonyl (C=O) groups excluding carboxylic acids is 2. The minimum Gasteiger partial charge on any atom is -0.323 e. The fraction of sp³-hybridized carbons (Fsp3) is 0.471. The first kappa shape index (κ1) is 14.6. The van der Waals surface area contributed by atoms with Crippen molar-refractivity contribution >= 4 is 11.9 Å². The third-order valence-electron chi connectivity index (χ3n) is 4.93. The highest BCUT2D eigenvalue weighted by atomic mass is 16.2. The Morgan fingerprint density at radius 2 is 2.05 bits per heavy atom. The molecule has 1 aliphatic heterocycles. The molecule has 2 aliphatic rings. The standard InChI is InChI=1S/C17H19N3O2/c1-12-4-2-3-9-17(12)15(21)20(16(22)19-17)11-14-7-5-13(10-18)6-8-14/h5-8,12H,2-4,9,11H2,1H3,(H,19,22)/t12-,17+/m0/s1. The summed E-state index contributed by atoms with van der Waals surface area (Å²) in [6.07, 6.45) is 3.78. The second-order valence-electron chi connectivity index (χ2n) is 6.25. The molecular weight excluding hydrogens is 278 g/mol. The summed E-state index contributed by atoms with van der Waals surface area (Å²) in [4.78, 5) is 26.4. The number of hydrogen-bond acceptors (Lipinski definition) is 3. The Kier molecular flexibility index (Phi) is 3.61. The van der Waals surface area contributed by atoms with Crippen LogP contribution in [-0.2, 0) is 11.3 Å². The van der Waals surface area contributed by atoms with E-state index in [0.717, 1.165) is 31.2 Å². The maximum Gasteiger partial charge on any atom is 0.325 e. The Labute approximate surface area is 129 Å². The summed E-state index contributed by atoms with van der Waals surface area (Å²) >= 11 is 0. The number of carbonyl (C=O) groups is 2. The zero-order chi connectivity index (χ0) is 15.7. The molecule has 0 radical (unpaired) electrons. The van der Waals surface area contributed by atoms with Gasteiger partial charge in [0.1, 0.15) is 5.54 Å². The lowest BCUT2D eigenvalue weighted by Crippen LogP contribution is -2.53. The average molecular weight is 297 g/mol. The number of amides is 3. The van der Waals surface area contributed by atoms with Crippen molar-refractivity contribution in [2.75, 3.05) is 0 Å². The van der Waals surface area contributed by atoms with Gasteiger partial charge in [-0.15, -0.1) is 0 Å². The van der Waals surface area contributed by atoms with Crippen molar-refractivity contribution in [1.29, 1.82) is 5.26 Å². The van der Waals surface area contributed by atoms with E-state index in [1.165, 1.54) is 4.90 Å². The lowest BCUT2D eigenvalue weighted by molar-refractivity contribution is -0.134. The summed E-state index contributed by atoms with van der Waals surface area (Å²) in [5, 5.41) is 11.8. The molecule has 0 bridgehead atoms. The van der Waals surface area contributed by atoms with E-state index < -0.39 is 5.54 Å². The van der Waals surface area contributed by atoms with Gasteiger partial charge >= 0.3 is 6.03 Å². The van der Waals surface area contributed by atoms with E-state index >= 15 is 0 Å². The van der Waals surface area contributed by atoms with E-state index in [4.69, 9.17) is 5.26 Å². The number of imide groups is 1. The first-order chi connectivity index (χ1) is 10.6. The van der Waals surface area contributed by atoms with E-state index in [2.05, 4.69) is 11.4 Å². The van der Waals surface area contributed by atoms with Crippen molar-refractivity contribution in [3.8, 4) is 6.07 Å². The molecule has 1 aliphatic carbocycles. The average Bonchev–Trinajstić information content (AvgIpc) is 2.76. The van der Waals surface area contributed by atoms with Crippen LogP contribution < -0.4 is 5.32 Å². The molecule has 1 aromatic carbocycles. The number of rotatable bonds is 2.